The van der Waals surface area contributed by atoms with Crippen molar-refractivity contribution in [2.24, 2.45) is 5.73 Å². The number of nitrogens with two attached hydrogens (primary N) is 1. The molecule has 11 heterocycles. The van der Waals surface area contributed by atoms with Crippen LogP contribution in [0.1, 0.15) is 243 Å². The fraction of sp³-hybridized carbons (Fsp3) is 0.455. The first-order valence-electron chi connectivity index (χ1n) is 50.1. The Morgan fingerprint density at radius 1 is 0.389 bits per heavy atom. The largest absolute Gasteiger partial charge is 0.479 e. The molecule has 7 aromatic carbocycles. The standard InChI is InChI=1S/C29H34N4O4.C26H30N4O4.C19H25NO5.C18H23NO5.C11H13N3.C9H14O6/c1-20(21-13-15-23(16-14-21)33-19-9-17-30-33)31-26(34)25-29(4,37-28(2,3)36-25)27(35)32-18-8-12-24(32)22-10-6-5-7-11-22;1-18(19-11-13-21(14-12-19)30-17-7-15-27-30)28-24(32)23(31)26(2,34)25(33)29-16-6-10-22(29)20-8-4-3-5-9-20;1-18(2)24-15(16(21)23-4)19(3,25-18)17(22)20-12-8-11-14(20)13-9-6-5-7-10-13;1-17(2)23-14(15(20)21)18(3,24-17)16(22)19-11-7-10-13(19)12-8-5-4-6-9-12;1-9(12)10-3-5-11(6-4-10)14-8-2-7-13-14;1-8(2)14-5(6(10)13-4)9(3,15-8)7(11)12/h5-7,9-11,13-17,19-20,24-25H,8,12,18H2,1-4H3,(H,31,34);3-5,7-9,11-15,17-18,22-23,31,34H,6,10,16H2,1-2H3,(H,28,32);5-7,9-10,14-15H,8,11-12H2,1-4H3;4-6,8-9,13-14H,7,10-11H2,1-3H3,(H,20,21);2-9H,12H2,1H3;5H,1-4H3,(H,11,12)/t20-,24?,25+,29-;18-,22?,23+,26-;14?,15-,19+;13?,14-,18+;9-;5-,9+/m110010/s1. The predicted molar refractivity (Wildman–Crippen MR) is 547 cm³/mol. The van der Waals surface area contributed by atoms with Crippen molar-refractivity contribution in [2.75, 3.05) is 40.4 Å². The van der Waals surface area contributed by atoms with Gasteiger partial charge in [-0.15, -0.1) is 0 Å². The zero-order valence-corrected chi connectivity index (χ0v) is 87.6. The molecule has 8 aliphatic rings. The minimum absolute atomic E-state index is 0.0175. The zero-order valence-electron chi connectivity index (χ0n) is 87.6. The number of aliphatic hydroxyl groups is 2. The van der Waals surface area contributed by atoms with Gasteiger partial charge < -0.3 is 104 Å². The lowest BCUT2D eigenvalue weighted by Crippen LogP contribution is -2.58. The number of ether oxygens (including phenoxy) is 10. The smallest absolute Gasteiger partial charge is 0.339 e. The van der Waals surface area contributed by atoms with E-state index in [1.54, 1.807) is 105 Å². The summed E-state index contributed by atoms with van der Waals surface area (Å²) >= 11 is 0. The topological polar surface area (TPSA) is 460 Å². The van der Waals surface area contributed by atoms with Crippen molar-refractivity contribution in [3.05, 3.63) is 288 Å². The molecule has 10 aromatic rings. The predicted octanol–water partition coefficient (Wildman–Crippen LogP) is 13.7. The number of amides is 6. The number of aromatic nitrogens is 6. The van der Waals surface area contributed by atoms with Gasteiger partial charge in [-0.3, -0.25) is 28.8 Å². The molecule has 8 N–H and O–H groups in total. The molecule has 37 nitrogen and oxygen atoms in total. The van der Waals surface area contributed by atoms with Crippen molar-refractivity contribution in [3.63, 3.8) is 0 Å². The van der Waals surface area contributed by atoms with Gasteiger partial charge in [-0.1, -0.05) is 158 Å². The van der Waals surface area contributed by atoms with E-state index in [9.17, 15) is 63.3 Å². The number of carboxylic acid groups (broad SMARTS) is 2. The number of methoxy groups -OCH3 is 2. The summed E-state index contributed by atoms with van der Waals surface area (Å²) < 4.78 is 60.1. The van der Waals surface area contributed by atoms with Crippen LogP contribution >= 0.6 is 0 Å². The number of hydrogen-bond donors (Lipinski definition) is 7. The fourth-order valence-electron chi connectivity index (χ4n) is 20.3. The molecule has 8 aliphatic heterocycles. The third-order valence-electron chi connectivity index (χ3n) is 27.7. The Hall–Kier alpha value is -13.6. The van der Waals surface area contributed by atoms with Gasteiger partial charge in [0.2, 0.25) is 5.60 Å². The average molecular weight is 2050 g/mol. The number of aliphatic carboxylic acids is 2. The second-order valence-corrected chi connectivity index (χ2v) is 40.8. The summed E-state index contributed by atoms with van der Waals surface area (Å²) in [7, 11) is 2.45. The Morgan fingerprint density at radius 2 is 0.671 bits per heavy atom. The zero-order chi connectivity index (χ0) is 108. The first-order valence-corrected chi connectivity index (χ1v) is 50.1. The van der Waals surface area contributed by atoms with E-state index in [4.69, 9.17) is 53.5 Å². The van der Waals surface area contributed by atoms with Crippen LogP contribution in [-0.4, -0.2) is 251 Å². The molecule has 0 saturated carbocycles. The van der Waals surface area contributed by atoms with Crippen molar-refractivity contribution in [2.45, 2.75) is 286 Å². The Kier molecular flexibility index (Phi) is 35.6. The van der Waals surface area contributed by atoms with Gasteiger partial charge in [-0.25, -0.2) is 33.2 Å². The van der Waals surface area contributed by atoms with E-state index in [0.717, 1.165) is 107 Å². The number of carbonyl (C=O) groups excluding carboxylic acids is 8. The highest BCUT2D eigenvalue weighted by molar-refractivity contribution is 5.97. The van der Waals surface area contributed by atoms with Crippen LogP contribution in [0.25, 0.3) is 17.1 Å². The summed E-state index contributed by atoms with van der Waals surface area (Å²) in [6.07, 6.45) is 11.0. The van der Waals surface area contributed by atoms with Crippen molar-refractivity contribution in [1.29, 1.82) is 0 Å². The molecule has 17 atom stereocenters. The summed E-state index contributed by atoms with van der Waals surface area (Å²) in [6.45, 7) is 28.4. The van der Waals surface area contributed by atoms with Gasteiger partial charge in [0.1, 0.15) is 0 Å². The number of benzene rings is 7. The number of likely N-dealkylation sites (tertiary alicyclic amines) is 4. The number of esters is 2. The molecule has 0 spiro atoms. The van der Waals surface area contributed by atoms with Gasteiger partial charge in [0.15, 0.2) is 76.1 Å². The molecular formula is C112H139N13O24. The molecule has 37 heteroatoms. The summed E-state index contributed by atoms with van der Waals surface area (Å²) in [5.74, 6) is -10.8. The molecule has 149 heavy (non-hydrogen) atoms. The van der Waals surface area contributed by atoms with Crippen LogP contribution in [0.2, 0.25) is 0 Å². The molecule has 796 valence electrons. The van der Waals surface area contributed by atoms with Crippen LogP contribution in [0.5, 0.6) is 0 Å². The normalized spacial score (nSPS) is 25.8. The summed E-state index contributed by atoms with van der Waals surface area (Å²) in [6, 6.07) is 67.3. The number of carboxylic acids is 2. The SMILES string of the molecule is CC1(C)O[C@@H](C(=O)O)[C@](C)(C(=O)N2CCCC2c2ccccc2)O1.COC(=O)[C@@H]1OC(C)(C)O[C@@]1(C)C(=O)N1CCCC1c1ccccc1.COC(=O)[C@@H]1OC(C)(C)O[C@@]1(C)C(=O)O.C[C@@H](N)c1ccc(-n2cccn2)cc1.C[C@@H](NC(=O)[C@@H]1OC(C)(C)O[C@@]1(C)C(=O)N1CCCC1c1ccccc1)c1ccc(-n2cccn2)cc1.C[C@@H](NC(=O)[C@H](O)[C@@](C)(O)C(=O)N1CCCC1c1ccccc1)c1ccc(-n2cccn2)cc1. The van der Waals surface area contributed by atoms with E-state index < -0.39 is 123 Å². The fourth-order valence-corrected chi connectivity index (χ4v) is 20.3. The lowest BCUT2D eigenvalue weighted by molar-refractivity contribution is -0.182. The minimum Gasteiger partial charge on any atom is -0.479 e. The van der Waals surface area contributed by atoms with E-state index in [1.807, 2.05) is 254 Å². The Bertz CT molecular complexity index is 6210. The molecule has 4 unspecified atom stereocenters. The van der Waals surface area contributed by atoms with Crippen LogP contribution in [0.15, 0.2) is 250 Å². The van der Waals surface area contributed by atoms with Gasteiger partial charge in [0, 0.05) is 69.4 Å². The van der Waals surface area contributed by atoms with Gasteiger partial charge in [-0.2, -0.15) is 15.3 Å². The molecule has 8 saturated heterocycles. The van der Waals surface area contributed by atoms with Crippen molar-refractivity contribution in [1.82, 2.24) is 59.6 Å². The first-order chi connectivity index (χ1) is 70.5. The van der Waals surface area contributed by atoms with Crippen LogP contribution in [-0.2, 0) is 95.3 Å². The summed E-state index contributed by atoms with van der Waals surface area (Å²) in [5.41, 5.74) is 7.33. The van der Waals surface area contributed by atoms with E-state index in [0.29, 0.717) is 26.2 Å². The third-order valence-corrected chi connectivity index (χ3v) is 27.7. The quantitative estimate of drug-likeness (QED) is 0.0292. The Balaban J connectivity index is 0.000000154. The third kappa shape index (κ3) is 25.9. The van der Waals surface area contributed by atoms with Gasteiger partial charge >= 0.3 is 23.9 Å². The van der Waals surface area contributed by atoms with Crippen molar-refractivity contribution in [3.8, 4) is 17.1 Å². The van der Waals surface area contributed by atoms with E-state index >= 15 is 0 Å². The van der Waals surface area contributed by atoms with E-state index in [2.05, 4.69) is 30.7 Å². The highest BCUT2D eigenvalue weighted by atomic mass is 16.8. The maximum absolute atomic E-state index is 14.0. The lowest BCUT2D eigenvalue weighted by atomic mass is 9.94. The molecule has 3 aromatic heterocycles. The second kappa shape index (κ2) is 47.1. The van der Waals surface area contributed by atoms with Crippen LogP contribution in [0.4, 0.5) is 0 Å². The van der Waals surface area contributed by atoms with Crippen molar-refractivity contribution >= 4 is 59.3 Å². The number of aliphatic hydroxyl groups excluding tert-OH is 1. The molecule has 18 rings (SSSR count). The van der Waals surface area contributed by atoms with Crippen LogP contribution in [0.3, 0.4) is 0 Å². The molecule has 0 aliphatic carbocycles. The highest BCUT2D eigenvalue weighted by Crippen LogP contribution is 2.48. The number of nitrogens with zero attached hydrogens (tertiary/aromatic N) is 10. The number of carbonyl (C=O) groups is 10. The molecule has 0 radical (unpaired) electrons. The van der Waals surface area contributed by atoms with Crippen LogP contribution < -0.4 is 16.4 Å². The summed E-state index contributed by atoms with van der Waals surface area (Å²) in [4.78, 5) is 133. The summed E-state index contributed by atoms with van der Waals surface area (Å²) in [5, 5.41) is 58.4. The number of nitrogens with one attached hydrogen (secondary N) is 2. The van der Waals surface area contributed by atoms with E-state index in [-0.39, 0.29) is 59.9 Å². The Labute approximate surface area is 867 Å². The van der Waals surface area contributed by atoms with Gasteiger partial charge in [-0.05, 0) is 256 Å². The highest BCUT2D eigenvalue weighted by Gasteiger charge is 2.65. The average Bonchev–Trinajstić information content (AvgIpc) is 1.60. The maximum Gasteiger partial charge on any atom is 0.339 e. The van der Waals surface area contributed by atoms with E-state index in [1.165, 1.54) is 48.8 Å². The molecule has 8 fully saturated rings. The number of hydrogen-bond acceptors (Lipinski definition) is 26. The molecule has 0 bridgehead atoms. The minimum atomic E-state index is -2.26. The first kappa shape index (κ1) is 113. The number of rotatable bonds is 23. The monoisotopic (exact) mass is 2050 g/mol. The lowest BCUT2D eigenvalue weighted by Gasteiger charge is -2.35. The molecule has 6 amide bonds. The molecular weight excluding hydrogens is 1910 g/mol. The second-order valence-electron chi connectivity index (χ2n) is 40.8. The van der Waals surface area contributed by atoms with Gasteiger partial charge in [0.05, 0.1) is 67.5 Å². The maximum atomic E-state index is 14.0. The van der Waals surface area contributed by atoms with Crippen molar-refractivity contribution < 1.29 is 116 Å². The van der Waals surface area contributed by atoms with Gasteiger partial charge in [0.25, 0.3) is 35.4 Å². The Morgan fingerprint density at radius 3 is 0.980 bits per heavy atom. The van der Waals surface area contributed by atoms with Crippen LogP contribution in [0, 0.1) is 0 Å².